The van der Waals surface area contributed by atoms with Crippen LogP contribution in [0, 0.1) is 11.6 Å². The van der Waals surface area contributed by atoms with Gasteiger partial charge in [-0.1, -0.05) is 6.92 Å². The van der Waals surface area contributed by atoms with Crippen molar-refractivity contribution < 1.29 is 21.9 Å². The molecule has 0 bridgehead atoms. The molecule has 2 heterocycles. The van der Waals surface area contributed by atoms with Crippen molar-refractivity contribution in [3.63, 3.8) is 0 Å². The second kappa shape index (κ2) is 7.40. The lowest BCUT2D eigenvalue weighted by molar-refractivity contribution is -0.0443. The van der Waals surface area contributed by atoms with Crippen LogP contribution in [0.4, 0.5) is 20.3 Å². The van der Waals surface area contributed by atoms with Crippen molar-refractivity contribution in [3.05, 3.63) is 48.2 Å². The molecule has 6 nitrogen and oxygen atoms in total. The van der Waals surface area contributed by atoms with Crippen LogP contribution in [0.25, 0.3) is 0 Å². The molecule has 27 heavy (non-hydrogen) atoms. The number of nitrogens with one attached hydrogen (secondary N) is 1. The standard InChI is InChI=1S/C18H21F2N3O3S/c1-3-18(2)12-23(8-9-26-18)17-7-5-14(11-21-17)27(24,25)22-13-4-6-15(19)16(20)10-13/h4-7,10-11,22H,3,8-9,12H2,1-2H3. The monoisotopic (exact) mass is 397 g/mol. The SMILES string of the molecule is CCC1(C)CN(c2ccc(S(=O)(=O)Nc3ccc(F)c(F)c3)cn2)CCO1. The molecule has 146 valence electrons. The molecule has 3 rings (SSSR count). The molecule has 2 aromatic rings. The first-order chi connectivity index (χ1) is 12.7. The summed E-state index contributed by atoms with van der Waals surface area (Å²) < 4.78 is 59.1. The Morgan fingerprint density at radius 2 is 2.04 bits per heavy atom. The third-order valence-electron chi connectivity index (χ3n) is 4.61. The average molecular weight is 397 g/mol. The molecular weight excluding hydrogens is 376 g/mol. The lowest BCUT2D eigenvalue weighted by atomic mass is 10.0. The highest BCUT2D eigenvalue weighted by molar-refractivity contribution is 7.92. The van der Waals surface area contributed by atoms with Gasteiger partial charge in [0.2, 0.25) is 0 Å². The van der Waals surface area contributed by atoms with E-state index in [1.54, 1.807) is 6.07 Å². The lowest BCUT2D eigenvalue weighted by Gasteiger charge is -2.40. The second-order valence-electron chi connectivity index (χ2n) is 6.66. The van der Waals surface area contributed by atoms with E-state index < -0.39 is 21.7 Å². The van der Waals surface area contributed by atoms with E-state index in [1.807, 2.05) is 11.8 Å². The predicted molar refractivity (Wildman–Crippen MR) is 98.3 cm³/mol. The fourth-order valence-electron chi connectivity index (χ4n) is 2.83. The van der Waals surface area contributed by atoms with Crippen LogP contribution in [-0.2, 0) is 14.8 Å². The Labute approximate surface area is 157 Å². The Hall–Kier alpha value is -2.26. The zero-order valence-electron chi connectivity index (χ0n) is 15.1. The van der Waals surface area contributed by atoms with Crippen molar-refractivity contribution >= 4 is 21.5 Å². The Morgan fingerprint density at radius 1 is 1.26 bits per heavy atom. The highest BCUT2D eigenvalue weighted by Gasteiger charge is 2.31. The summed E-state index contributed by atoms with van der Waals surface area (Å²) in [5.74, 6) is -1.52. The van der Waals surface area contributed by atoms with Gasteiger partial charge in [-0.2, -0.15) is 0 Å². The van der Waals surface area contributed by atoms with E-state index in [4.69, 9.17) is 4.74 Å². The first kappa shape index (κ1) is 19.5. The summed E-state index contributed by atoms with van der Waals surface area (Å²) >= 11 is 0. The van der Waals surface area contributed by atoms with E-state index in [9.17, 15) is 17.2 Å². The second-order valence-corrected chi connectivity index (χ2v) is 8.34. The van der Waals surface area contributed by atoms with Crippen LogP contribution in [0.15, 0.2) is 41.4 Å². The maximum absolute atomic E-state index is 13.3. The van der Waals surface area contributed by atoms with E-state index in [2.05, 4.69) is 16.6 Å². The van der Waals surface area contributed by atoms with Gasteiger partial charge in [0.05, 0.1) is 17.9 Å². The molecule has 1 unspecified atom stereocenters. The Bertz CT molecular complexity index is 922. The first-order valence-electron chi connectivity index (χ1n) is 8.55. The van der Waals surface area contributed by atoms with E-state index in [1.165, 1.54) is 12.3 Å². The number of pyridine rings is 1. The van der Waals surface area contributed by atoms with Crippen molar-refractivity contribution in [2.24, 2.45) is 0 Å². The van der Waals surface area contributed by atoms with Gasteiger partial charge in [-0.25, -0.2) is 22.2 Å². The number of hydrogen-bond donors (Lipinski definition) is 1. The quantitative estimate of drug-likeness (QED) is 0.839. The van der Waals surface area contributed by atoms with Gasteiger partial charge >= 0.3 is 0 Å². The van der Waals surface area contributed by atoms with Gasteiger partial charge < -0.3 is 9.64 Å². The van der Waals surface area contributed by atoms with Gasteiger partial charge in [0.25, 0.3) is 10.0 Å². The fraction of sp³-hybridized carbons (Fsp3) is 0.389. The maximum Gasteiger partial charge on any atom is 0.263 e. The van der Waals surface area contributed by atoms with Crippen LogP contribution >= 0.6 is 0 Å². The number of rotatable bonds is 5. The number of nitrogens with zero attached hydrogens (tertiary/aromatic N) is 2. The first-order valence-corrected chi connectivity index (χ1v) is 10.0. The van der Waals surface area contributed by atoms with Gasteiger partial charge in [0.1, 0.15) is 10.7 Å². The molecule has 0 radical (unpaired) electrons. The van der Waals surface area contributed by atoms with Crippen molar-refractivity contribution in [2.45, 2.75) is 30.8 Å². The number of benzene rings is 1. The molecule has 1 aliphatic heterocycles. The zero-order chi connectivity index (χ0) is 19.7. The molecule has 0 spiro atoms. The number of aromatic nitrogens is 1. The number of sulfonamides is 1. The molecular formula is C18H21F2N3O3S. The average Bonchev–Trinajstić information content (AvgIpc) is 2.65. The summed E-state index contributed by atoms with van der Waals surface area (Å²) in [7, 11) is -3.96. The molecule has 1 N–H and O–H groups in total. The molecule has 1 atom stereocenters. The highest BCUT2D eigenvalue weighted by Crippen LogP contribution is 2.25. The van der Waals surface area contributed by atoms with Crippen LogP contribution in [-0.4, -0.2) is 38.7 Å². The number of morpholine rings is 1. The highest BCUT2D eigenvalue weighted by atomic mass is 32.2. The summed E-state index contributed by atoms with van der Waals surface area (Å²) in [6, 6.07) is 5.85. The van der Waals surface area contributed by atoms with Crippen molar-refractivity contribution in [1.82, 2.24) is 4.98 Å². The Balaban J connectivity index is 1.76. The minimum absolute atomic E-state index is 0.0649. The largest absolute Gasteiger partial charge is 0.372 e. The van der Waals surface area contributed by atoms with Crippen molar-refractivity contribution in [3.8, 4) is 0 Å². The van der Waals surface area contributed by atoms with Crippen LogP contribution < -0.4 is 9.62 Å². The van der Waals surface area contributed by atoms with E-state index in [-0.39, 0.29) is 16.2 Å². The smallest absolute Gasteiger partial charge is 0.263 e. The topological polar surface area (TPSA) is 71.5 Å². The van der Waals surface area contributed by atoms with Gasteiger partial charge in [-0.15, -0.1) is 0 Å². The summed E-state index contributed by atoms with van der Waals surface area (Å²) in [4.78, 5) is 6.24. The zero-order valence-corrected chi connectivity index (χ0v) is 15.9. The van der Waals surface area contributed by atoms with Gasteiger partial charge in [-0.05, 0) is 37.6 Å². The van der Waals surface area contributed by atoms with E-state index in [0.29, 0.717) is 25.5 Å². The van der Waals surface area contributed by atoms with Crippen molar-refractivity contribution in [2.75, 3.05) is 29.3 Å². The summed E-state index contributed by atoms with van der Waals surface area (Å²) in [6.07, 6.45) is 2.10. The summed E-state index contributed by atoms with van der Waals surface area (Å²) in [5.41, 5.74) is -0.330. The van der Waals surface area contributed by atoms with E-state index >= 15 is 0 Å². The maximum atomic E-state index is 13.3. The molecule has 1 aromatic carbocycles. The minimum Gasteiger partial charge on any atom is -0.372 e. The number of ether oxygens (including phenoxy) is 1. The molecule has 0 saturated carbocycles. The third kappa shape index (κ3) is 4.36. The van der Waals surface area contributed by atoms with Gasteiger partial charge in [0, 0.05) is 25.4 Å². The molecule has 9 heteroatoms. The Kier molecular flexibility index (Phi) is 5.34. The van der Waals surface area contributed by atoms with Gasteiger partial charge in [0.15, 0.2) is 11.6 Å². The summed E-state index contributed by atoms with van der Waals surface area (Å²) in [5, 5.41) is 0. The van der Waals surface area contributed by atoms with Crippen LogP contribution in [0.5, 0.6) is 0 Å². The number of anilines is 2. The molecule has 0 aliphatic carbocycles. The van der Waals surface area contributed by atoms with Crippen LogP contribution in [0.2, 0.25) is 0 Å². The molecule has 1 saturated heterocycles. The van der Waals surface area contributed by atoms with E-state index in [0.717, 1.165) is 24.6 Å². The lowest BCUT2D eigenvalue weighted by Crippen LogP contribution is -2.50. The predicted octanol–water partition coefficient (Wildman–Crippen LogP) is 3.17. The third-order valence-corrected chi connectivity index (χ3v) is 5.98. The normalized spacial score (nSPS) is 20.5. The number of halogens is 2. The fourth-order valence-corrected chi connectivity index (χ4v) is 3.83. The molecule has 0 amide bonds. The molecule has 1 fully saturated rings. The molecule has 1 aromatic heterocycles. The number of hydrogen-bond acceptors (Lipinski definition) is 5. The van der Waals surface area contributed by atoms with Gasteiger partial charge in [-0.3, -0.25) is 4.72 Å². The Morgan fingerprint density at radius 3 is 2.67 bits per heavy atom. The molecule has 1 aliphatic rings. The van der Waals surface area contributed by atoms with Crippen LogP contribution in [0.3, 0.4) is 0 Å². The van der Waals surface area contributed by atoms with Crippen LogP contribution in [0.1, 0.15) is 20.3 Å². The minimum atomic E-state index is -3.96. The van der Waals surface area contributed by atoms with Crippen molar-refractivity contribution in [1.29, 1.82) is 0 Å². The summed E-state index contributed by atoms with van der Waals surface area (Å²) in [6.45, 7) is 5.99.